The van der Waals surface area contributed by atoms with Gasteiger partial charge in [-0.15, -0.1) is 0 Å². The third-order valence-electron chi connectivity index (χ3n) is 4.27. The lowest BCUT2D eigenvalue weighted by Gasteiger charge is -2.11. The molecule has 0 spiro atoms. The predicted molar refractivity (Wildman–Crippen MR) is 92.3 cm³/mol. The van der Waals surface area contributed by atoms with Crippen molar-refractivity contribution in [3.63, 3.8) is 0 Å². The van der Waals surface area contributed by atoms with Crippen LogP contribution in [-0.2, 0) is 7.05 Å². The Labute approximate surface area is 147 Å². The van der Waals surface area contributed by atoms with Gasteiger partial charge >= 0.3 is 0 Å². The molecule has 26 heavy (non-hydrogen) atoms. The first-order valence-electron chi connectivity index (χ1n) is 7.85. The Morgan fingerprint density at radius 2 is 1.85 bits per heavy atom. The van der Waals surface area contributed by atoms with Crippen LogP contribution in [0.5, 0.6) is 5.75 Å². The van der Waals surface area contributed by atoms with Crippen LogP contribution >= 0.6 is 0 Å². The molecule has 0 unspecified atom stereocenters. The van der Waals surface area contributed by atoms with Gasteiger partial charge in [-0.1, -0.05) is 0 Å². The van der Waals surface area contributed by atoms with E-state index in [4.69, 9.17) is 4.74 Å². The molecule has 4 aromatic rings. The number of nitrogens with zero attached hydrogens (tertiary/aromatic N) is 5. The van der Waals surface area contributed by atoms with Crippen LogP contribution in [0.25, 0.3) is 28.0 Å². The SMILES string of the molecule is COc1cc(F)c(-c2c(C)nn(C)c2-n2cnc3cnccc32)c(F)c1. The fourth-order valence-electron chi connectivity index (χ4n) is 3.15. The minimum atomic E-state index is -0.717. The van der Waals surface area contributed by atoms with E-state index in [0.29, 0.717) is 22.6 Å². The smallest absolute Gasteiger partial charge is 0.144 e. The van der Waals surface area contributed by atoms with E-state index in [-0.39, 0.29) is 11.3 Å². The molecule has 0 saturated heterocycles. The van der Waals surface area contributed by atoms with Crippen molar-refractivity contribution in [2.24, 2.45) is 7.05 Å². The van der Waals surface area contributed by atoms with Crippen LogP contribution in [0.4, 0.5) is 8.78 Å². The molecule has 0 saturated carbocycles. The van der Waals surface area contributed by atoms with Gasteiger partial charge < -0.3 is 4.74 Å². The lowest BCUT2D eigenvalue weighted by Crippen LogP contribution is -2.04. The summed E-state index contributed by atoms with van der Waals surface area (Å²) in [5.74, 6) is -0.805. The molecule has 0 radical (unpaired) electrons. The van der Waals surface area contributed by atoms with Gasteiger partial charge in [0.15, 0.2) is 0 Å². The van der Waals surface area contributed by atoms with Crippen LogP contribution in [0.3, 0.4) is 0 Å². The first-order valence-corrected chi connectivity index (χ1v) is 7.85. The summed E-state index contributed by atoms with van der Waals surface area (Å²) in [5.41, 5.74) is 2.15. The van der Waals surface area contributed by atoms with Gasteiger partial charge in [0.2, 0.25) is 0 Å². The van der Waals surface area contributed by atoms with Crippen LogP contribution in [0.2, 0.25) is 0 Å². The van der Waals surface area contributed by atoms with Gasteiger partial charge in [-0.25, -0.2) is 13.8 Å². The Kier molecular flexibility index (Phi) is 3.68. The van der Waals surface area contributed by atoms with E-state index >= 15 is 0 Å². The summed E-state index contributed by atoms with van der Waals surface area (Å²) < 4.78 is 37.7. The molecule has 6 nitrogen and oxygen atoms in total. The maximum absolute atomic E-state index is 14.7. The third-order valence-corrected chi connectivity index (χ3v) is 4.27. The van der Waals surface area contributed by atoms with Gasteiger partial charge in [-0.2, -0.15) is 5.10 Å². The molecular weight excluding hydrogens is 340 g/mol. The lowest BCUT2D eigenvalue weighted by molar-refractivity contribution is 0.407. The van der Waals surface area contributed by atoms with Crippen molar-refractivity contribution in [3.8, 4) is 22.7 Å². The number of pyridine rings is 1. The molecule has 0 fully saturated rings. The van der Waals surface area contributed by atoms with E-state index in [1.165, 1.54) is 7.11 Å². The Morgan fingerprint density at radius 3 is 2.54 bits per heavy atom. The van der Waals surface area contributed by atoms with Crippen LogP contribution in [-0.4, -0.2) is 31.4 Å². The molecule has 132 valence electrons. The van der Waals surface area contributed by atoms with Crippen LogP contribution in [0, 0.1) is 18.6 Å². The van der Waals surface area contributed by atoms with Gasteiger partial charge in [-0.3, -0.25) is 14.2 Å². The Balaban J connectivity index is 2.04. The van der Waals surface area contributed by atoms with Crippen LogP contribution in [0.1, 0.15) is 5.69 Å². The average molecular weight is 355 g/mol. The average Bonchev–Trinajstić information content (AvgIpc) is 3.15. The molecule has 0 aliphatic rings. The van der Waals surface area contributed by atoms with E-state index < -0.39 is 11.6 Å². The van der Waals surface area contributed by atoms with Crippen molar-refractivity contribution in [1.82, 2.24) is 24.3 Å². The predicted octanol–water partition coefficient (Wildman–Crippen LogP) is 3.42. The summed E-state index contributed by atoms with van der Waals surface area (Å²) in [5, 5.41) is 4.36. The van der Waals surface area contributed by atoms with Crippen molar-refractivity contribution in [3.05, 3.63) is 54.2 Å². The first-order chi connectivity index (χ1) is 12.5. The summed E-state index contributed by atoms with van der Waals surface area (Å²) in [7, 11) is 3.08. The zero-order chi connectivity index (χ0) is 18.4. The number of benzene rings is 1. The molecule has 0 atom stereocenters. The first kappa shape index (κ1) is 16.2. The third kappa shape index (κ3) is 2.33. The van der Waals surface area contributed by atoms with Crippen molar-refractivity contribution < 1.29 is 13.5 Å². The van der Waals surface area contributed by atoms with Crippen LogP contribution < -0.4 is 4.74 Å². The summed E-state index contributed by atoms with van der Waals surface area (Å²) in [4.78, 5) is 8.35. The highest BCUT2D eigenvalue weighted by molar-refractivity contribution is 5.81. The molecular formula is C18H15F2N5O. The van der Waals surface area contributed by atoms with E-state index in [0.717, 1.165) is 17.6 Å². The van der Waals surface area contributed by atoms with Gasteiger partial charge in [0, 0.05) is 25.4 Å². The standard InChI is InChI=1S/C18H15F2N5O/c1-10-16(17-12(19)6-11(26-3)7-13(17)20)18(24(2)23-10)25-9-22-14-8-21-5-4-15(14)25/h4-9H,1-3H3. The minimum Gasteiger partial charge on any atom is -0.497 e. The van der Waals surface area contributed by atoms with Gasteiger partial charge in [0.05, 0.1) is 35.6 Å². The summed E-state index contributed by atoms with van der Waals surface area (Å²) in [6, 6.07) is 4.10. The maximum atomic E-state index is 14.7. The minimum absolute atomic E-state index is 0.117. The Bertz CT molecular complexity index is 1110. The summed E-state index contributed by atoms with van der Waals surface area (Å²) >= 11 is 0. The van der Waals surface area contributed by atoms with Crippen molar-refractivity contribution in [2.75, 3.05) is 7.11 Å². The fourth-order valence-corrected chi connectivity index (χ4v) is 3.15. The second-order valence-corrected chi connectivity index (χ2v) is 5.85. The van der Waals surface area contributed by atoms with Crippen molar-refractivity contribution in [2.45, 2.75) is 6.92 Å². The Morgan fingerprint density at radius 1 is 1.12 bits per heavy atom. The quantitative estimate of drug-likeness (QED) is 0.565. The molecule has 1 aromatic carbocycles. The number of aryl methyl sites for hydroxylation is 2. The molecule has 3 aromatic heterocycles. The van der Waals surface area contributed by atoms with Gasteiger partial charge in [0.25, 0.3) is 0 Å². The molecule has 0 aliphatic heterocycles. The molecule has 0 N–H and O–H groups in total. The summed E-state index contributed by atoms with van der Waals surface area (Å²) in [6.45, 7) is 1.71. The van der Waals surface area contributed by atoms with E-state index in [2.05, 4.69) is 15.1 Å². The maximum Gasteiger partial charge on any atom is 0.144 e. The second kappa shape index (κ2) is 5.91. The van der Waals surface area contributed by atoms with Crippen molar-refractivity contribution in [1.29, 1.82) is 0 Å². The normalized spacial score (nSPS) is 11.3. The highest BCUT2D eigenvalue weighted by atomic mass is 19.1. The number of fused-ring (bicyclic) bond motifs is 1. The van der Waals surface area contributed by atoms with Crippen molar-refractivity contribution >= 4 is 11.0 Å². The molecule has 4 rings (SSSR count). The number of aromatic nitrogens is 5. The lowest BCUT2D eigenvalue weighted by atomic mass is 10.0. The van der Waals surface area contributed by atoms with E-state index in [9.17, 15) is 8.78 Å². The number of hydrogen-bond acceptors (Lipinski definition) is 4. The Hall–Kier alpha value is -3.29. The van der Waals surface area contributed by atoms with Gasteiger partial charge in [-0.05, 0) is 13.0 Å². The number of rotatable bonds is 3. The number of hydrogen-bond donors (Lipinski definition) is 0. The molecule has 0 bridgehead atoms. The molecule has 0 amide bonds. The topological polar surface area (TPSA) is 57.8 Å². The number of imidazole rings is 1. The summed E-state index contributed by atoms with van der Waals surface area (Å²) in [6.07, 6.45) is 4.85. The second-order valence-electron chi connectivity index (χ2n) is 5.85. The highest BCUT2D eigenvalue weighted by Gasteiger charge is 2.24. The van der Waals surface area contributed by atoms with Crippen LogP contribution in [0.15, 0.2) is 36.9 Å². The number of ether oxygens (including phenoxy) is 1. The largest absolute Gasteiger partial charge is 0.497 e. The monoisotopic (exact) mass is 355 g/mol. The molecule has 8 heteroatoms. The molecule has 0 aliphatic carbocycles. The van der Waals surface area contributed by atoms with E-state index in [1.54, 1.807) is 48.0 Å². The fraction of sp³-hybridized carbons (Fsp3) is 0.167. The van der Waals surface area contributed by atoms with E-state index in [1.807, 2.05) is 0 Å². The molecule has 3 heterocycles. The zero-order valence-electron chi connectivity index (χ0n) is 14.4. The number of halogens is 2. The zero-order valence-corrected chi connectivity index (χ0v) is 14.4. The highest BCUT2D eigenvalue weighted by Crippen LogP contribution is 2.36. The number of methoxy groups -OCH3 is 1. The van der Waals surface area contributed by atoms with Gasteiger partial charge in [0.1, 0.15) is 35.0 Å².